The Hall–Kier alpha value is -2.45. The molecule has 1 N–H and O–H groups in total. The van der Waals surface area contributed by atoms with E-state index >= 15 is 0 Å². The lowest BCUT2D eigenvalue weighted by atomic mass is 10.1. The molecule has 3 aromatic rings. The summed E-state index contributed by atoms with van der Waals surface area (Å²) < 4.78 is 0. The van der Waals surface area contributed by atoms with Crippen molar-refractivity contribution in [3.05, 3.63) is 52.0 Å². The number of nitriles is 1. The summed E-state index contributed by atoms with van der Waals surface area (Å²) in [6, 6.07) is 11.8. The Labute approximate surface area is 120 Å². The van der Waals surface area contributed by atoms with E-state index in [0.717, 1.165) is 20.8 Å². The first-order valence-corrected chi connectivity index (χ1v) is 7.03. The Morgan fingerprint density at radius 3 is 2.95 bits per heavy atom. The molecule has 0 aliphatic carbocycles. The number of nitrogens with zero attached hydrogens (tertiary/aromatic N) is 3. The number of aryl methyl sites for hydroxylation is 1. The summed E-state index contributed by atoms with van der Waals surface area (Å²) >= 11 is 1.64. The van der Waals surface area contributed by atoms with Crippen LogP contribution in [0.25, 0.3) is 10.9 Å². The molecule has 5 heteroatoms. The van der Waals surface area contributed by atoms with Crippen molar-refractivity contribution in [2.45, 2.75) is 13.5 Å². The van der Waals surface area contributed by atoms with E-state index in [0.29, 0.717) is 17.9 Å². The summed E-state index contributed by atoms with van der Waals surface area (Å²) in [7, 11) is 0. The zero-order valence-corrected chi connectivity index (χ0v) is 11.7. The first-order valence-electron chi connectivity index (χ1n) is 6.21. The Morgan fingerprint density at radius 1 is 1.35 bits per heavy atom. The van der Waals surface area contributed by atoms with E-state index in [1.165, 1.54) is 0 Å². The minimum absolute atomic E-state index is 0.560. The summed E-state index contributed by atoms with van der Waals surface area (Å²) in [5.41, 5.74) is 1.44. The highest BCUT2D eigenvalue weighted by molar-refractivity contribution is 7.11. The van der Waals surface area contributed by atoms with Crippen molar-refractivity contribution in [1.82, 2.24) is 9.97 Å². The first kappa shape index (κ1) is 12.6. The predicted octanol–water partition coefficient (Wildman–Crippen LogP) is 3.48. The van der Waals surface area contributed by atoms with Crippen molar-refractivity contribution in [3.8, 4) is 6.07 Å². The van der Waals surface area contributed by atoms with E-state index < -0.39 is 0 Å². The summed E-state index contributed by atoms with van der Waals surface area (Å²) in [5, 5.41) is 14.5. The van der Waals surface area contributed by atoms with Crippen LogP contribution < -0.4 is 5.32 Å². The molecule has 3 rings (SSSR count). The second-order valence-corrected chi connectivity index (χ2v) is 5.71. The van der Waals surface area contributed by atoms with Gasteiger partial charge in [-0.15, -0.1) is 11.3 Å². The molecule has 20 heavy (non-hydrogen) atoms. The van der Waals surface area contributed by atoms with Crippen LogP contribution in [0.2, 0.25) is 0 Å². The third-order valence-electron chi connectivity index (χ3n) is 2.94. The van der Waals surface area contributed by atoms with Crippen LogP contribution in [0, 0.1) is 18.3 Å². The van der Waals surface area contributed by atoms with E-state index in [2.05, 4.69) is 21.4 Å². The lowest BCUT2D eigenvalue weighted by Crippen LogP contribution is -2.02. The van der Waals surface area contributed by atoms with Gasteiger partial charge in [-0.2, -0.15) is 5.26 Å². The molecule has 0 bridgehead atoms. The largest absolute Gasteiger partial charge is 0.364 e. The first-order chi connectivity index (χ1) is 9.76. The average Bonchev–Trinajstić information content (AvgIpc) is 2.89. The van der Waals surface area contributed by atoms with E-state index in [1.54, 1.807) is 11.3 Å². The third kappa shape index (κ3) is 2.46. The minimum atomic E-state index is 0.560. The number of hydrogen-bond donors (Lipinski definition) is 1. The van der Waals surface area contributed by atoms with Crippen LogP contribution in [0.15, 0.2) is 36.5 Å². The van der Waals surface area contributed by atoms with Crippen LogP contribution >= 0.6 is 11.3 Å². The molecule has 0 spiro atoms. The maximum Gasteiger partial charge on any atom is 0.144 e. The minimum Gasteiger partial charge on any atom is -0.364 e. The quantitative estimate of drug-likeness (QED) is 0.797. The standard InChI is InChI=1S/C15H12N4S/c1-10-17-8-13(20-10)9-18-15-12(7-16)6-11-4-2-3-5-14(11)19-15/h2-6,8H,9H2,1H3,(H,18,19). The topological polar surface area (TPSA) is 61.6 Å². The van der Waals surface area contributed by atoms with Crippen LogP contribution in [0.5, 0.6) is 0 Å². The summed E-state index contributed by atoms with van der Waals surface area (Å²) in [4.78, 5) is 9.86. The van der Waals surface area contributed by atoms with Crippen molar-refractivity contribution in [2.75, 3.05) is 5.32 Å². The summed E-state index contributed by atoms with van der Waals surface area (Å²) in [5.74, 6) is 0.622. The zero-order valence-electron chi connectivity index (χ0n) is 10.9. The highest BCUT2D eigenvalue weighted by atomic mass is 32.1. The van der Waals surface area contributed by atoms with E-state index in [4.69, 9.17) is 0 Å². The smallest absolute Gasteiger partial charge is 0.144 e. The van der Waals surface area contributed by atoms with Gasteiger partial charge in [0.25, 0.3) is 0 Å². The van der Waals surface area contributed by atoms with Gasteiger partial charge in [0.05, 0.1) is 22.6 Å². The van der Waals surface area contributed by atoms with Crippen molar-refractivity contribution in [1.29, 1.82) is 5.26 Å². The number of hydrogen-bond acceptors (Lipinski definition) is 5. The van der Waals surface area contributed by atoms with Gasteiger partial charge in [-0.3, -0.25) is 0 Å². The second-order valence-electron chi connectivity index (χ2n) is 4.39. The van der Waals surface area contributed by atoms with Crippen LogP contribution in [-0.4, -0.2) is 9.97 Å². The van der Waals surface area contributed by atoms with Gasteiger partial charge in [0, 0.05) is 16.5 Å². The number of benzene rings is 1. The molecule has 0 fully saturated rings. The number of rotatable bonds is 3. The third-order valence-corrected chi connectivity index (χ3v) is 3.86. The van der Waals surface area contributed by atoms with Crippen molar-refractivity contribution in [3.63, 3.8) is 0 Å². The molecule has 0 amide bonds. The Bertz CT molecular complexity index is 801. The number of para-hydroxylation sites is 1. The Balaban J connectivity index is 1.92. The second kappa shape index (κ2) is 5.27. The fourth-order valence-corrected chi connectivity index (χ4v) is 2.73. The van der Waals surface area contributed by atoms with Gasteiger partial charge >= 0.3 is 0 Å². The van der Waals surface area contributed by atoms with E-state index in [-0.39, 0.29) is 0 Å². The number of nitrogens with one attached hydrogen (secondary N) is 1. The molecule has 2 heterocycles. The summed E-state index contributed by atoms with van der Waals surface area (Å²) in [6.45, 7) is 2.61. The molecule has 0 saturated heterocycles. The molecule has 0 aliphatic heterocycles. The molecular formula is C15H12N4S. The maximum absolute atomic E-state index is 9.24. The molecule has 0 aliphatic rings. The van der Waals surface area contributed by atoms with Gasteiger partial charge in [-0.05, 0) is 19.1 Å². The highest BCUT2D eigenvalue weighted by Crippen LogP contribution is 2.21. The van der Waals surface area contributed by atoms with Gasteiger partial charge in [0.1, 0.15) is 11.9 Å². The lowest BCUT2D eigenvalue weighted by molar-refractivity contribution is 1.13. The number of pyridine rings is 1. The molecular weight excluding hydrogens is 268 g/mol. The number of thiazole rings is 1. The van der Waals surface area contributed by atoms with E-state index in [9.17, 15) is 5.26 Å². The molecule has 2 aromatic heterocycles. The molecule has 0 atom stereocenters. The van der Waals surface area contributed by atoms with Crippen LogP contribution in [0.4, 0.5) is 5.82 Å². The van der Waals surface area contributed by atoms with Crippen LogP contribution in [0.3, 0.4) is 0 Å². The SMILES string of the molecule is Cc1ncc(CNc2nc3ccccc3cc2C#N)s1. The molecule has 0 saturated carbocycles. The van der Waals surface area contributed by atoms with Crippen molar-refractivity contribution < 1.29 is 0 Å². The van der Waals surface area contributed by atoms with E-state index in [1.807, 2.05) is 43.5 Å². The monoisotopic (exact) mass is 280 g/mol. The number of aromatic nitrogens is 2. The molecule has 0 unspecified atom stereocenters. The van der Waals surface area contributed by atoms with Crippen molar-refractivity contribution in [2.24, 2.45) is 0 Å². The molecule has 4 nitrogen and oxygen atoms in total. The number of anilines is 1. The molecule has 1 aromatic carbocycles. The van der Waals surface area contributed by atoms with Crippen molar-refractivity contribution >= 4 is 28.1 Å². The summed E-state index contributed by atoms with van der Waals surface area (Å²) in [6.07, 6.45) is 1.85. The Morgan fingerprint density at radius 2 is 2.20 bits per heavy atom. The molecule has 0 radical (unpaired) electrons. The van der Waals surface area contributed by atoms with Gasteiger partial charge in [0.2, 0.25) is 0 Å². The highest BCUT2D eigenvalue weighted by Gasteiger charge is 2.07. The number of fused-ring (bicyclic) bond motifs is 1. The van der Waals surface area contributed by atoms with Gasteiger partial charge < -0.3 is 5.32 Å². The predicted molar refractivity (Wildman–Crippen MR) is 80.6 cm³/mol. The molecule has 98 valence electrons. The fraction of sp³-hybridized carbons (Fsp3) is 0.133. The zero-order chi connectivity index (χ0) is 13.9. The van der Waals surface area contributed by atoms with Gasteiger partial charge in [-0.1, -0.05) is 18.2 Å². The van der Waals surface area contributed by atoms with Gasteiger partial charge in [-0.25, -0.2) is 9.97 Å². The lowest BCUT2D eigenvalue weighted by Gasteiger charge is -2.07. The van der Waals surface area contributed by atoms with Crippen LogP contribution in [-0.2, 0) is 6.54 Å². The van der Waals surface area contributed by atoms with Gasteiger partial charge in [0.15, 0.2) is 0 Å². The fourth-order valence-electron chi connectivity index (χ4n) is 1.99. The maximum atomic E-state index is 9.24. The average molecular weight is 280 g/mol. The van der Waals surface area contributed by atoms with Crippen LogP contribution in [0.1, 0.15) is 15.4 Å². The Kier molecular flexibility index (Phi) is 3.32. The normalized spacial score (nSPS) is 10.4.